The van der Waals surface area contributed by atoms with Crippen LogP contribution in [0, 0.1) is 5.82 Å². The van der Waals surface area contributed by atoms with E-state index >= 15 is 0 Å². The lowest BCUT2D eigenvalue weighted by molar-refractivity contribution is -0.132. The third-order valence-corrected chi connectivity index (χ3v) is 5.45. The van der Waals surface area contributed by atoms with Crippen LogP contribution in [-0.4, -0.2) is 64.0 Å². The lowest BCUT2D eigenvalue weighted by Gasteiger charge is -2.25. The van der Waals surface area contributed by atoms with Crippen LogP contribution in [0.4, 0.5) is 10.2 Å². The summed E-state index contributed by atoms with van der Waals surface area (Å²) >= 11 is 0. The van der Waals surface area contributed by atoms with Gasteiger partial charge < -0.3 is 25.9 Å². The zero-order valence-electron chi connectivity index (χ0n) is 19.0. The Labute approximate surface area is 196 Å². The summed E-state index contributed by atoms with van der Waals surface area (Å²) in [5, 5.41) is 16.7. The van der Waals surface area contributed by atoms with Gasteiger partial charge in [0.15, 0.2) is 5.84 Å². The molecule has 1 aromatic heterocycles. The van der Waals surface area contributed by atoms with Crippen LogP contribution >= 0.6 is 0 Å². The molecule has 1 atom stereocenters. The molecule has 0 bridgehead atoms. The van der Waals surface area contributed by atoms with Crippen LogP contribution in [0.5, 0.6) is 0 Å². The van der Waals surface area contributed by atoms with Crippen molar-refractivity contribution in [1.82, 2.24) is 14.9 Å². The third kappa shape index (κ3) is 5.47. The molecule has 0 saturated carbocycles. The van der Waals surface area contributed by atoms with Crippen molar-refractivity contribution in [2.24, 2.45) is 16.8 Å². The zero-order chi connectivity index (χ0) is 24.8. The number of pyridine rings is 1. The second kappa shape index (κ2) is 11.0. The van der Waals surface area contributed by atoms with Gasteiger partial charge in [0, 0.05) is 20.2 Å². The van der Waals surface area contributed by atoms with Crippen molar-refractivity contribution < 1.29 is 23.8 Å². The number of rotatable bonds is 8. The van der Waals surface area contributed by atoms with Crippen molar-refractivity contribution in [3.63, 3.8) is 0 Å². The Hall–Kier alpha value is -3.61. The van der Waals surface area contributed by atoms with Crippen molar-refractivity contribution in [3.05, 3.63) is 58.5 Å². The fraction of sp³-hybridized carbons (Fsp3) is 0.364. The van der Waals surface area contributed by atoms with E-state index in [4.69, 9.17) is 16.4 Å². The number of carbonyl (C=O) groups excluding carboxylic acids is 2. The molecular formula is C22H28FN7O4. The number of benzene rings is 1. The molecule has 1 aliphatic rings. The number of amidine groups is 1. The van der Waals surface area contributed by atoms with E-state index in [0.717, 1.165) is 5.01 Å². The Morgan fingerprint density at radius 1 is 1.35 bits per heavy atom. The Kier molecular flexibility index (Phi) is 8.10. The second-order valence-electron chi connectivity index (χ2n) is 7.85. The fourth-order valence-electron chi connectivity index (χ4n) is 3.49. The number of amides is 2. The maximum Gasteiger partial charge on any atom is 0.259 e. The minimum absolute atomic E-state index is 0.0968. The molecule has 11 nitrogen and oxygen atoms in total. The number of hydrogen-bond donors (Lipinski definition) is 4. The van der Waals surface area contributed by atoms with Crippen molar-refractivity contribution in [1.29, 1.82) is 0 Å². The number of hydrogen-bond acceptors (Lipinski definition) is 8. The largest absolute Gasteiger partial charge is 0.394 e. The van der Waals surface area contributed by atoms with E-state index in [-0.39, 0.29) is 54.9 Å². The van der Waals surface area contributed by atoms with Crippen LogP contribution in [0.25, 0.3) is 0 Å². The summed E-state index contributed by atoms with van der Waals surface area (Å²) < 4.78 is 19.7. The first-order valence-corrected chi connectivity index (χ1v) is 10.6. The molecule has 2 amide bonds. The van der Waals surface area contributed by atoms with Crippen LogP contribution in [0.1, 0.15) is 40.5 Å². The van der Waals surface area contributed by atoms with Crippen molar-refractivity contribution in [2.75, 3.05) is 25.6 Å². The third-order valence-electron chi connectivity index (χ3n) is 5.45. The van der Waals surface area contributed by atoms with Crippen LogP contribution in [-0.2, 0) is 22.6 Å². The maximum atomic E-state index is 14.7. The molecule has 0 radical (unpaired) electrons. The molecule has 0 aliphatic carbocycles. The molecule has 0 fully saturated rings. The minimum atomic E-state index is -0.701. The number of nitrogens with one attached hydrogen (secondary N) is 1. The number of aromatic nitrogens is 1. The highest BCUT2D eigenvalue weighted by atomic mass is 19.1. The van der Waals surface area contributed by atoms with Crippen LogP contribution < -0.4 is 17.0 Å². The number of hydrazone groups is 1. The van der Waals surface area contributed by atoms with Gasteiger partial charge in [-0.05, 0) is 42.3 Å². The van der Waals surface area contributed by atoms with Gasteiger partial charge in [0.1, 0.15) is 17.3 Å². The summed E-state index contributed by atoms with van der Waals surface area (Å²) in [6.45, 7) is 2.30. The molecule has 12 heteroatoms. The van der Waals surface area contributed by atoms with Gasteiger partial charge in [0.2, 0.25) is 5.91 Å². The highest BCUT2D eigenvalue weighted by Crippen LogP contribution is 2.27. The lowest BCUT2D eigenvalue weighted by atomic mass is 10.1. The number of anilines is 1. The Bertz CT molecular complexity index is 1090. The molecule has 1 aromatic carbocycles. The number of nitrogens with two attached hydrogens (primary N) is 2. The Balaban J connectivity index is 1.76. The summed E-state index contributed by atoms with van der Waals surface area (Å²) in [4.78, 5) is 31.0. The van der Waals surface area contributed by atoms with Gasteiger partial charge >= 0.3 is 0 Å². The second-order valence-corrected chi connectivity index (χ2v) is 7.85. The molecule has 2 heterocycles. The van der Waals surface area contributed by atoms with Crippen LogP contribution in [0.3, 0.4) is 0 Å². The SMILES string of the molecule is COCCC(=O)N1Cc2cc(F)c(C(=O)Nc3cccc(/C(=N/N)N(N)C(C)CO)n3)cc2C1. The predicted molar refractivity (Wildman–Crippen MR) is 123 cm³/mol. The standard InChI is InChI=1S/C22H28FN7O4/c1-13(12-31)30(25)21(28-24)18-4-3-5-19(26-18)27-22(33)16-8-14-10-29(20(32)6-7-34-2)11-15(14)9-17(16)23/h3-5,8-9,13,31H,6-7,10-12,24-25H2,1-2H3,(H,26,27,33)/b28-21-. The van der Waals surface area contributed by atoms with Gasteiger partial charge in [0.25, 0.3) is 5.91 Å². The Morgan fingerprint density at radius 2 is 2.06 bits per heavy atom. The highest BCUT2D eigenvalue weighted by molar-refractivity contribution is 6.04. The smallest absolute Gasteiger partial charge is 0.259 e. The van der Waals surface area contributed by atoms with Gasteiger partial charge in [-0.25, -0.2) is 15.2 Å². The summed E-state index contributed by atoms with van der Waals surface area (Å²) in [6, 6.07) is 6.95. The molecule has 1 unspecified atom stereocenters. The first-order chi connectivity index (χ1) is 16.3. The van der Waals surface area contributed by atoms with Crippen molar-refractivity contribution >= 4 is 23.5 Å². The number of aliphatic hydroxyl groups is 1. The van der Waals surface area contributed by atoms with Gasteiger partial charge in [-0.3, -0.25) is 14.6 Å². The first-order valence-electron chi connectivity index (χ1n) is 10.6. The number of halogens is 1. The van der Waals surface area contributed by atoms with E-state index in [9.17, 15) is 19.1 Å². The first kappa shape index (κ1) is 25.0. The normalized spacial score (nSPS) is 14.0. The van der Waals surface area contributed by atoms with Gasteiger partial charge in [-0.2, -0.15) is 5.10 Å². The van der Waals surface area contributed by atoms with Gasteiger partial charge in [-0.1, -0.05) is 6.07 Å². The Morgan fingerprint density at radius 3 is 2.71 bits per heavy atom. The van der Waals surface area contributed by atoms with E-state index in [1.54, 1.807) is 24.0 Å². The van der Waals surface area contributed by atoms with E-state index in [1.165, 1.54) is 25.3 Å². The number of methoxy groups -OCH3 is 1. The predicted octanol–water partition coefficient (Wildman–Crippen LogP) is 0.529. The number of hydrazine groups is 1. The van der Waals surface area contributed by atoms with Gasteiger partial charge in [0.05, 0.1) is 31.2 Å². The number of nitrogens with zero attached hydrogens (tertiary/aromatic N) is 4. The number of carbonyl (C=O) groups is 2. The maximum absolute atomic E-state index is 14.7. The number of fused-ring (bicyclic) bond motifs is 1. The van der Waals surface area contributed by atoms with E-state index in [2.05, 4.69) is 15.4 Å². The van der Waals surface area contributed by atoms with Crippen LogP contribution in [0.2, 0.25) is 0 Å². The molecule has 2 aromatic rings. The molecule has 0 saturated heterocycles. The van der Waals surface area contributed by atoms with E-state index in [1.807, 2.05) is 0 Å². The summed E-state index contributed by atoms with van der Waals surface area (Å²) in [5.74, 6) is 10.1. The summed E-state index contributed by atoms with van der Waals surface area (Å²) in [6.07, 6.45) is 0.230. The van der Waals surface area contributed by atoms with Crippen LogP contribution in [0.15, 0.2) is 35.4 Å². The lowest BCUT2D eigenvalue weighted by Crippen LogP contribution is -2.47. The van der Waals surface area contributed by atoms with E-state index < -0.39 is 17.8 Å². The highest BCUT2D eigenvalue weighted by Gasteiger charge is 2.26. The van der Waals surface area contributed by atoms with Crippen molar-refractivity contribution in [2.45, 2.75) is 32.5 Å². The quantitative estimate of drug-likeness (QED) is 0.187. The molecule has 0 spiro atoms. The monoisotopic (exact) mass is 473 g/mol. The topological polar surface area (TPSA) is 159 Å². The summed E-state index contributed by atoms with van der Waals surface area (Å²) in [7, 11) is 1.52. The minimum Gasteiger partial charge on any atom is -0.394 e. The fourth-order valence-corrected chi connectivity index (χ4v) is 3.49. The van der Waals surface area contributed by atoms with Crippen molar-refractivity contribution in [3.8, 4) is 0 Å². The average Bonchev–Trinajstić information content (AvgIpc) is 3.25. The van der Waals surface area contributed by atoms with E-state index in [0.29, 0.717) is 17.7 Å². The molecular weight excluding hydrogens is 445 g/mol. The molecule has 6 N–H and O–H groups in total. The molecule has 1 aliphatic heterocycles. The number of ether oxygens (including phenoxy) is 1. The van der Waals surface area contributed by atoms with Gasteiger partial charge in [-0.15, -0.1) is 0 Å². The number of aliphatic hydroxyl groups excluding tert-OH is 1. The average molecular weight is 474 g/mol. The molecule has 3 rings (SSSR count). The molecule has 182 valence electrons. The molecule has 34 heavy (non-hydrogen) atoms. The zero-order valence-corrected chi connectivity index (χ0v) is 19.0. The summed E-state index contributed by atoms with van der Waals surface area (Å²) in [5.41, 5.74) is 1.44.